The first kappa shape index (κ1) is 7.90. The Labute approximate surface area is 80.7 Å². The lowest BCUT2D eigenvalue weighted by Crippen LogP contribution is -1.74. The van der Waals surface area contributed by atoms with Gasteiger partial charge in [0.15, 0.2) is 0 Å². The van der Waals surface area contributed by atoms with Crippen molar-refractivity contribution in [1.29, 1.82) is 0 Å². The van der Waals surface area contributed by atoms with Crippen LogP contribution in [-0.2, 0) is 0 Å². The monoisotopic (exact) mass is 195 g/mol. The molecule has 2 heteroatoms. The maximum atomic E-state index is 5.92. The molecule has 0 atom stereocenters. The van der Waals surface area contributed by atoms with Crippen LogP contribution in [0.4, 0.5) is 0 Å². The van der Waals surface area contributed by atoms with Crippen LogP contribution in [0.15, 0.2) is 30.3 Å². The molecule has 0 fully saturated rings. The summed E-state index contributed by atoms with van der Waals surface area (Å²) in [7, 11) is 0. The van der Waals surface area contributed by atoms with Crippen LogP contribution in [0.5, 0.6) is 0 Å². The van der Waals surface area contributed by atoms with Crippen LogP contribution in [0.3, 0.4) is 0 Å². The summed E-state index contributed by atoms with van der Waals surface area (Å²) in [6, 6.07) is 12.5. The van der Waals surface area contributed by atoms with Crippen molar-refractivity contribution in [2.45, 2.75) is 0 Å². The SMILES string of the molecule is Clc1[c]c(Cl)c2ccccc2c1. The van der Waals surface area contributed by atoms with Crippen molar-refractivity contribution in [1.82, 2.24) is 0 Å². The van der Waals surface area contributed by atoms with Crippen molar-refractivity contribution in [2.24, 2.45) is 0 Å². The summed E-state index contributed by atoms with van der Waals surface area (Å²) in [4.78, 5) is 0. The fourth-order valence-corrected chi connectivity index (χ4v) is 1.70. The highest BCUT2D eigenvalue weighted by Crippen LogP contribution is 2.26. The molecule has 2 aromatic carbocycles. The highest BCUT2D eigenvalue weighted by atomic mass is 35.5. The van der Waals surface area contributed by atoms with Gasteiger partial charge < -0.3 is 0 Å². The van der Waals surface area contributed by atoms with Crippen molar-refractivity contribution in [3.8, 4) is 0 Å². The molecule has 0 amide bonds. The maximum Gasteiger partial charge on any atom is 0.0578 e. The first-order valence-electron chi connectivity index (χ1n) is 3.53. The molecule has 0 aliphatic rings. The normalized spacial score (nSPS) is 10.5. The van der Waals surface area contributed by atoms with E-state index in [0.29, 0.717) is 10.0 Å². The zero-order chi connectivity index (χ0) is 8.55. The zero-order valence-electron chi connectivity index (χ0n) is 6.14. The molecule has 59 valence electrons. The molecule has 0 unspecified atom stereocenters. The van der Waals surface area contributed by atoms with Gasteiger partial charge in [-0.15, -0.1) is 0 Å². The Morgan fingerprint density at radius 2 is 1.83 bits per heavy atom. The molecule has 0 bridgehead atoms. The number of hydrogen-bond donors (Lipinski definition) is 0. The summed E-state index contributed by atoms with van der Waals surface area (Å²) in [6.07, 6.45) is 0. The Morgan fingerprint density at radius 1 is 1.08 bits per heavy atom. The zero-order valence-corrected chi connectivity index (χ0v) is 7.65. The third-order valence-electron chi connectivity index (χ3n) is 1.71. The van der Waals surface area contributed by atoms with Crippen LogP contribution in [0.25, 0.3) is 10.8 Å². The van der Waals surface area contributed by atoms with Gasteiger partial charge in [-0.1, -0.05) is 47.5 Å². The van der Waals surface area contributed by atoms with E-state index in [1.54, 1.807) is 0 Å². The lowest BCUT2D eigenvalue weighted by molar-refractivity contribution is 1.73. The Kier molecular flexibility index (Phi) is 1.95. The van der Waals surface area contributed by atoms with Gasteiger partial charge in [-0.05, 0) is 11.5 Å². The van der Waals surface area contributed by atoms with Gasteiger partial charge in [0.25, 0.3) is 0 Å². The van der Waals surface area contributed by atoms with Crippen molar-refractivity contribution in [2.75, 3.05) is 0 Å². The molecular formula is C10H5Cl2. The highest BCUT2D eigenvalue weighted by Gasteiger charge is 1.99. The molecule has 0 nitrogen and oxygen atoms in total. The van der Waals surface area contributed by atoms with E-state index < -0.39 is 0 Å². The quantitative estimate of drug-likeness (QED) is 0.598. The number of benzene rings is 2. The van der Waals surface area contributed by atoms with Gasteiger partial charge in [0.2, 0.25) is 0 Å². The van der Waals surface area contributed by atoms with Crippen LogP contribution in [0, 0.1) is 6.07 Å². The second-order valence-electron chi connectivity index (χ2n) is 2.52. The first-order chi connectivity index (χ1) is 5.77. The molecule has 0 spiro atoms. The van der Waals surface area contributed by atoms with E-state index in [2.05, 4.69) is 6.07 Å². The predicted octanol–water partition coefficient (Wildman–Crippen LogP) is 3.95. The Morgan fingerprint density at radius 3 is 2.67 bits per heavy atom. The minimum absolute atomic E-state index is 0.554. The molecule has 1 radical (unpaired) electrons. The number of fused-ring (bicyclic) bond motifs is 1. The number of rotatable bonds is 0. The Bertz CT molecular complexity index is 421. The summed E-state index contributed by atoms with van der Waals surface area (Å²) in [6.45, 7) is 0. The molecule has 0 aliphatic heterocycles. The van der Waals surface area contributed by atoms with E-state index in [1.165, 1.54) is 0 Å². The fraction of sp³-hybridized carbons (Fsp3) is 0. The number of hydrogen-bond acceptors (Lipinski definition) is 0. The molecule has 2 aromatic rings. The standard InChI is InChI=1S/C10H5Cl2/c11-8-5-7-3-1-2-4-9(7)10(12)6-8/h1-5H. The van der Waals surface area contributed by atoms with Gasteiger partial charge in [-0.3, -0.25) is 0 Å². The predicted molar refractivity (Wildman–Crippen MR) is 52.8 cm³/mol. The van der Waals surface area contributed by atoms with E-state index in [1.807, 2.05) is 30.3 Å². The van der Waals surface area contributed by atoms with Crippen LogP contribution < -0.4 is 0 Å². The van der Waals surface area contributed by atoms with Gasteiger partial charge in [-0.25, -0.2) is 0 Å². The minimum Gasteiger partial charge on any atom is -0.0836 e. The Hall–Kier alpha value is -0.720. The molecule has 0 aliphatic carbocycles. The molecule has 0 aromatic heterocycles. The van der Waals surface area contributed by atoms with Crippen molar-refractivity contribution in [3.05, 3.63) is 46.4 Å². The van der Waals surface area contributed by atoms with Crippen LogP contribution in [-0.4, -0.2) is 0 Å². The fourth-order valence-electron chi connectivity index (χ4n) is 1.17. The smallest absolute Gasteiger partial charge is 0.0578 e. The molecule has 2 rings (SSSR count). The van der Waals surface area contributed by atoms with Gasteiger partial charge >= 0.3 is 0 Å². The molecule has 0 N–H and O–H groups in total. The van der Waals surface area contributed by atoms with Gasteiger partial charge in [0, 0.05) is 11.5 Å². The van der Waals surface area contributed by atoms with E-state index in [9.17, 15) is 0 Å². The average molecular weight is 196 g/mol. The maximum absolute atomic E-state index is 5.92. The summed E-state index contributed by atoms with van der Waals surface area (Å²) < 4.78 is 0. The van der Waals surface area contributed by atoms with Crippen LogP contribution in [0.2, 0.25) is 10.0 Å². The lowest BCUT2D eigenvalue weighted by Gasteiger charge is -1.99. The third kappa shape index (κ3) is 1.28. The van der Waals surface area contributed by atoms with Crippen molar-refractivity contribution in [3.63, 3.8) is 0 Å². The highest BCUT2D eigenvalue weighted by molar-refractivity contribution is 6.38. The second-order valence-corrected chi connectivity index (χ2v) is 3.30. The largest absolute Gasteiger partial charge is 0.0836 e. The molecule has 0 heterocycles. The van der Waals surface area contributed by atoms with E-state index in [-0.39, 0.29) is 0 Å². The summed E-state index contributed by atoms with van der Waals surface area (Å²) in [5, 5.41) is 3.17. The molecular weight excluding hydrogens is 191 g/mol. The molecule has 0 saturated carbocycles. The van der Waals surface area contributed by atoms with Gasteiger partial charge in [-0.2, -0.15) is 0 Å². The topological polar surface area (TPSA) is 0 Å². The van der Waals surface area contributed by atoms with Crippen LogP contribution >= 0.6 is 23.2 Å². The van der Waals surface area contributed by atoms with Gasteiger partial charge in [0.05, 0.1) is 10.0 Å². The average Bonchev–Trinajstić information content (AvgIpc) is 2.04. The lowest BCUT2D eigenvalue weighted by atomic mass is 10.1. The summed E-state index contributed by atoms with van der Waals surface area (Å²) in [5.41, 5.74) is 0. The van der Waals surface area contributed by atoms with Crippen molar-refractivity contribution < 1.29 is 0 Å². The first-order valence-corrected chi connectivity index (χ1v) is 4.29. The summed E-state index contributed by atoms with van der Waals surface area (Å²) >= 11 is 11.7. The summed E-state index contributed by atoms with van der Waals surface area (Å²) in [5.74, 6) is 0. The third-order valence-corrected chi connectivity index (χ3v) is 2.21. The van der Waals surface area contributed by atoms with E-state index >= 15 is 0 Å². The molecule has 0 saturated heterocycles. The minimum atomic E-state index is 0.554. The number of halogens is 2. The van der Waals surface area contributed by atoms with Crippen LogP contribution in [0.1, 0.15) is 0 Å². The van der Waals surface area contributed by atoms with E-state index in [4.69, 9.17) is 23.2 Å². The van der Waals surface area contributed by atoms with Gasteiger partial charge in [0.1, 0.15) is 0 Å². The molecule has 12 heavy (non-hydrogen) atoms. The van der Waals surface area contributed by atoms with Crippen molar-refractivity contribution >= 4 is 34.0 Å². The second kappa shape index (κ2) is 2.96. The van der Waals surface area contributed by atoms with E-state index in [0.717, 1.165) is 10.8 Å². The Balaban J connectivity index is 2.89.